The minimum absolute atomic E-state index is 0. The maximum absolute atomic E-state index is 12.4. The summed E-state index contributed by atoms with van der Waals surface area (Å²) in [4.78, 5) is 2.45. The summed E-state index contributed by atoms with van der Waals surface area (Å²) in [5.41, 5.74) is 4.01. The summed E-state index contributed by atoms with van der Waals surface area (Å²) in [5, 5.41) is 11.1. The van der Waals surface area contributed by atoms with Crippen molar-refractivity contribution in [2.24, 2.45) is 11.8 Å². The van der Waals surface area contributed by atoms with Crippen LogP contribution in [0.1, 0.15) is 42.9 Å². The van der Waals surface area contributed by atoms with E-state index in [9.17, 15) is 13.5 Å². The number of nitrogens with zero attached hydrogens (tertiary/aromatic N) is 1. The first-order valence-electron chi connectivity index (χ1n) is 12.0. The van der Waals surface area contributed by atoms with Crippen LogP contribution in [0.5, 0.6) is 0 Å². The van der Waals surface area contributed by atoms with Crippen LogP contribution >= 0.6 is 12.4 Å². The fourth-order valence-corrected chi connectivity index (χ4v) is 8.18. The molecular weight excluding hydrogens is 456 g/mol. The van der Waals surface area contributed by atoms with Crippen molar-refractivity contribution in [3.63, 3.8) is 0 Å². The monoisotopic (exact) mass is 488 g/mol. The molecule has 178 valence electrons. The highest BCUT2D eigenvalue weighted by molar-refractivity contribution is 7.93. The topological polar surface area (TPSA) is 69.6 Å². The summed E-state index contributed by atoms with van der Waals surface area (Å²) in [6, 6.07) is 16.5. The third kappa shape index (κ3) is 3.89. The molecule has 3 fully saturated rings. The van der Waals surface area contributed by atoms with E-state index in [1.807, 2.05) is 12.1 Å². The van der Waals surface area contributed by atoms with Crippen molar-refractivity contribution in [1.29, 1.82) is 0 Å². The number of aliphatic hydroxyl groups is 1. The summed E-state index contributed by atoms with van der Waals surface area (Å²) in [7, 11) is -3.25. The predicted octanol–water partition coefficient (Wildman–Crippen LogP) is 3.75. The molecule has 5 nitrogen and oxygen atoms in total. The van der Waals surface area contributed by atoms with Gasteiger partial charge in [-0.15, -0.1) is 12.4 Å². The van der Waals surface area contributed by atoms with Crippen molar-refractivity contribution >= 4 is 28.1 Å². The van der Waals surface area contributed by atoms with Crippen LogP contribution < -0.4 is 4.72 Å². The summed E-state index contributed by atoms with van der Waals surface area (Å²) < 4.78 is 27.6. The summed E-state index contributed by atoms with van der Waals surface area (Å²) in [6.45, 7) is 5.00. The molecule has 3 aliphatic carbocycles. The predicted molar refractivity (Wildman–Crippen MR) is 133 cm³/mol. The lowest BCUT2D eigenvalue weighted by molar-refractivity contribution is 0.0139. The van der Waals surface area contributed by atoms with Crippen molar-refractivity contribution in [1.82, 2.24) is 4.90 Å². The van der Waals surface area contributed by atoms with E-state index in [1.165, 1.54) is 16.7 Å². The smallest absolute Gasteiger partial charge is 0.235 e. The Morgan fingerprint density at radius 2 is 1.67 bits per heavy atom. The quantitative estimate of drug-likeness (QED) is 0.622. The molecule has 33 heavy (non-hydrogen) atoms. The van der Waals surface area contributed by atoms with Crippen molar-refractivity contribution in [2.45, 2.75) is 55.3 Å². The maximum atomic E-state index is 12.4. The third-order valence-electron chi connectivity index (χ3n) is 8.49. The fourth-order valence-electron chi connectivity index (χ4n) is 6.80. The second-order valence-corrected chi connectivity index (χ2v) is 12.5. The number of sulfonamides is 1. The molecule has 0 amide bonds. The Bertz CT molecular complexity index is 1130. The molecule has 6 rings (SSSR count). The molecule has 4 aliphatic rings. The van der Waals surface area contributed by atoms with Gasteiger partial charge in [-0.05, 0) is 59.9 Å². The van der Waals surface area contributed by atoms with Gasteiger partial charge in [0.2, 0.25) is 10.0 Å². The minimum Gasteiger partial charge on any atom is -0.388 e. The zero-order valence-electron chi connectivity index (χ0n) is 19.0. The fraction of sp³-hybridized carbons (Fsp3) is 0.538. The van der Waals surface area contributed by atoms with E-state index >= 15 is 0 Å². The van der Waals surface area contributed by atoms with E-state index in [1.54, 1.807) is 0 Å². The van der Waals surface area contributed by atoms with Gasteiger partial charge in [0.25, 0.3) is 0 Å². The summed E-state index contributed by atoms with van der Waals surface area (Å²) in [6.07, 6.45) is 4.09. The molecule has 0 unspecified atom stereocenters. The molecule has 2 N–H and O–H groups in total. The van der Waals surface area contributed by atoms with E-state index in [0.29, 0.717) is 17.5 Å². The lowest BCUT2D eigenvalue weighted by Crippen LogP contribution is -2.45. The van der Waals surface area contributed by atoms with E-state index in [0.717, 1.165) is 51.7 Å². The Morgan fingerprint density at radius 3 is 2.24 bits per heavy atom. The van der Waals surface area contributed by atoms with Crippen LogP contribution in [0.4, 0.5) is 5.69 Å². The van der Waals surface area contributed by atoms with Crippen LogP contribution in [0.3, 0.4) is 0 Å². The standard InChI is InChI=1S/C26H32N2O3S.ClH/c1-2-26(20-8-5-9-21(12-20)27-32(30,31)22-10-11-22)23-15-28(16-24(23)26)17-25(29)13-18-6-3-4-7-19(18)14-25;/h3-9,12,22-24,27,29H,2,10-11,13-17H2,1H3;1H/t23-,24+,26+;. The van der Waals surface area contributed by atoms with Crippen molar-refractivity contribution in [2.75, 3.05) is 24.4 Å². The summed E-state index contributed by atoms with van der Waals surface area (Å²) in [5.74, 6) is 1.16. The number of anilines is 1. The average Bonchev–Trinajstić information content (AvgIpc) is 3.63. The summed E-state index contributed by atoms with van der Waals surface area (Å²) >= 11 is 0. The molecule has 1 heterocycles. The first kappa shape index (κ1) is 23.2. The minimum atomic E-state index is -3.25. The molecule has 0 spiro atoms. The number of rotatable bonds is 7. The zero-order chi connectivity index (χ0) is 22.1. The van der Waals surface area contributed by atoms with Crippen LogP contribution in [0.15, 0.2) is 48.5 Å². The SMILES string of the molecule is CC[C@]1(c2cccc(NS(=O)(=O)C3CC3)c2)[C@@H]2CN(CC3(O)Cc4ccccc4C3)C[C@@H]21.Cl. The molecule has 1 aliphatic heterocycles. The lowest BCUT2D eigenvalue weighted by Gasteiger charge is -2.32. The van der Waals surface area contributed by atoms with Crippen LogP contribution in [-0.4, -0.2) is 48.9 Å². The second kappa shape index (κ2) is 7.98. The molecule has 2 aromatic rings. The van der Waals surface area contributed by atoms with Gasteiger partial charge in [0.1, 0.15) is 0 Å². The molecule has 0 bridgehead atoms. The highest BCUT2D eigenvalue weighted by atomic mass is 35.5. The Hall–Kier alpha value is -1.60. The molecule has 0 aromatic heterocycles. The van der Waals surface area contributed by atoms with Gasteiger partial charge in [0.15, 0.2) is 0 Å². The zero-order valence-corrected chi connectivity index (χ0v) is 20.7. The van der Waals surface area contributed by atoms with Gasteiger partial charge in [-0.3, -0.25) is 9.62 Å². The largest absolute Gasteiger partial charge is 0.388 e. The number of hydrogen-bond acceptors (Lipinski definition) is 4. The van der Waals surface area contributed by atoms with Gasteiger partial charge in [-0.1, -0.05) is 43.3 Å². The van der Waals surface area contributed by atoms with Crippen LogP contribution in [0, 0.1) is 11.8 Å². The first-order valence-corrected chi connectivity index (χ1v) is 13.5. The van der Waals surface area contributed by atoms with Crippen molar-refractivity contribution in [3.05, 3.63) is 65.2 Å². The van der Waals surface area contributed by atoms with E-state index in [2.05, 4.69) is 52.9 Å². The van der Waals surface area contributed by atoms with E-state index in [4.69, 9.17) is 0 Å². The molecule has 3 atom stereocenters. The number of β-amino-alcohol motifs (C(OH)–C–C–N with tert-alkyl or cyclic N) is 1. The van der Waals surface area contributed by atoms with Crippen LogP contribution in [0.25, 0.3) is 0 Å². The Labute approximate surface area is 203 Å². The molecule has 1 saturated heterocycles. The van der Waals surface area contributed by atoms with E-state index < -0.39 is 15.6 Å². The van der Waals surface area contributed by atoms with Crippen LogP contribution in [-0.2, 0) is 28.3 Å². The first-order chi connectivity index (χ1) is 15.3. The van der Waals surface area contributed by atoms with Crippen molar-refractivity contribution < 1.29 is 13.5 Å². The van der Waals surface area contributed by atoms with Gasteiger partial charge < -0.3 is 5.11 Å². The highest BCUT2D eigenvalue weighted by Gasteiger charge is 2.67. The molecule has 0 radical (unpaired) electrons. The van der Waals surface area contributed by atoms with Gasteiger partial charge in [0, 0.05) is 43.6 Å². The van der Waals surface area contributed by atoms with Gasteiger partial charge in [0.05, 0.1) is 10.9 Å². The molecule has 7 heteroatoms. The molecule has 2 saturated carbocycles. The van der Waals surface area contributed by atoms with Gasteiger partial charge in [-0.2, -0.15) is 0 Å². The Kier molecular flexibility index (Phi) is 5.60. The van der Waals surface area contributed by atoms with Crippen molar-refractivity contribution in [3.8, 4) is 0 Å². The Balaban J connectivity index is 0.00000228. The maximum Gasteiger partial charge on any atom is 0.235 e. The molecular formula is C26H33ClN2O3S. The number of fused-ring (bicyclic) bond motifs is 2. The van der Waals surface area contributed by atoms with Gasteiger partial charge >= 0.3 is 0 Å². The molecule has 2 aromatic carbocycles. The number of piperidine rings is 1. The number of benzene rings is 2. The normalized spacial score (nSPS) is 29.8. The third-order valence-corrected chi connectivity index (χ3v) is 10.4. The van der Waals surface area contributed by atoms with E-state index in [-0.39, 0.29) is 23.1 Å². The lowest BCUT2D eigenvalue weighted by atomic mass is 9.87. The second-order valence-electron chi connectivity index (χ2n) is 10.6. The Morgan fingerprint density at radius 1 is 1.03 bits per heavy atom. The number of hydrogen-bond donors (Lipinski definition) is 2. The number of nitrogens with one attached hydrogen (secondary N) is 1. The van der Waals surface area contributed by atoms with Gasteiger partial charge in [-0.25, -0.2) is 8.42 Å². The number of halogens is 1. The average molecular weight is 489 g/mol. The number of likely N-dealkylation sites (tertiary alicyclic amines) is 1. The highest BCUT2D eigenvalue weighted by Crippen LogP contribution is 2.65. The van der Waals surface area contributed by atoms with Crippen LogP contribution in [0.2, 0.25) is 0 Å².